The molecular formula is C16H24N2O. The first kappa shape index (κ1) is 14.1. The fourth-order valence-corrected chi connectivity index (χ4v) is 2.90. The van der Waals surface area contributed by atoms with Crippen LogP contribution in [-0.2, 0) is 11.3 Å². The second kappa shape index (κ2) is 5.74. The van der Waals surface area contributed by atoms with E-state index in [1.807, 2.05) is 19.1 Å². The number of benzene rings is 1. The van der Waals surface area contributed by atoms with Gasteiger partial charge in [0.05, 0.1) is 5.92 Å². The van der Waals surface area contributed by atoms with Crippen LogP contribution in [0, 0.1) is 12.8 Å². The van der Waals surface area contributed by atoms with Gasteiger partial charge < -0.3 is 11.1 Å². The molecule has 1 aliphatic carbocycles. The summed E-state index contributed by atoms with van der Waals surface area (Å²) in [7, 11) is 0. The van der Waals surface area contributed by atoms with E-state index in [2.05, 4.69) is 24.4 Å². The molecule has 1 amide bonds. The first-order valence-corrected chi connectivity index (χ1v) is 7.12. The summed E-state index contributed by atoms with van der Waals surface area (Å²) in [6.45, 7) is 4.66. The summed E-state index contributed by atoms with van der Waals surface area (Å²) in [4.78, 5) is 12.3. The maximum absolute atomic E-state index is 12.3. The summed E-state index contributed by atoms with van der Waals surface area (Å²) >= 11 is 0. The van der Waals surface area contributed by atoms with Gasteiger partial charge in [0.1, 0.15) is 0 Å². The van der Waals surface area contributed by atoms with Gasteiger partial charge >= 0.3 is 0 Å². The molecular weight excluding hydrogens is 236 g/mol. The van der Waals surface area contributed by atoms with Gasteiger partial charge in [-0.25, -0.2) is 0 Å². The molecule has 2 unspecified atom stereocenters. The molecule has 0 aliphatic heterocycles. The lowest BCUT2D eigenvalue weighted by molar-refractivity contribution is -0.128. The van der Waals surface area contributed by atoms with Crippen molar-refractivity contribution in [3.05, 3.63) is 35.4 Å². The molecule has 1 saturated carbocycles. The van der Waals surface area contributed by atoms with Crippen molar-refractivity contribution >= 4 is 5.91 Å². The largest absolute Gasteiger partial charge is 0.352 e. The lowest BCUT2D eigenvalue weighted by atomic mass is 9.74. The Bertz CT molecular complexity index is 454. The summed E-state index contributed by atoms with van der Waals surface area (Å²) < 4.78 is 0. The minimum Gasteiger partial charge on any atom is -0.352 e. The highest BCUT2D eigenvalue weighted by molar-refractivity contribution is 5.80. The van der Waals surface area contributed by atoms with E-state index >= 15 is 0 Å². The third kappa shape index (κ3) is 3.35. The van der Waals surface area contributed by atoms with E-state index in [0.29, 0.717) is 6.54 Å². The Balaban J connectivity index is 1.96. The van der Waals surface area contributed by atoms with Crippen molar-refractivity contribution in [1.29, 1.82) is 0 Å². The van der Waals surface area contributed by atoms with Crippen molar-refractivity contribution in [2.75, 3.05) is 0 Å². The molecule has 0 bridgehead atoms. The van der Waals surface area contributed by atoms with Crippen molar-refractivity contribution in [1.82, 2.24) is 5.32 Å². The van der Waals surface area contributed by atoms with Crippen LogP contribution in [0.25, 0.3) is 0 Å². The predicted octanol–water partition coefficient (Wildman–Crippen LogP) is 2.52. The molecule has 0 heterocycles. The smallest absolute Gasteiger partial charge is 0.225 e. The van der Waals surface area contributed by atoms with E-state index < -0.39 is 0 Å². The van der Waals surface area contributed by atoms with Crippen LogP contribution in [0.1, 0.15) is 43.7 Å². The second-order valence-electron chi connectivity index (χ2n) is 5.95. The quantitative estimate of drug-likeness (QED) is 0.877. The van der Waals surface area contributed by atoms with Gasteiger partial charge in [-0.2, -0.15) is 0 Å². The topological polar surface area (TPSA) is 55.1 Å². The van der Waals surface area contributed by atoms with Gasteiger partial charge in [0.25, 0.3) is 0 Å². The van der Waals surface area contributed by atoms with E-state index in [9.17, 15) is 4.79 Å². The Kier molecular flexibility index (Phi) is 4.25. The number of hydrogen-bond donors (Lipinski definition) is 2. The lowest BCUT2D eigenvalue weighted by Gasteiger charge is -2.37. The molecule has 3 nitrogen and oxygen atoms in total. The number of nitrogens with two attached hydrogens (primary N) is 1. The Hall–Kier alpha value is -1.35. The molecule has 1 aliphatic rings. The predicted molar refractivity (Wildman–Crippen MR) is 77.6 cm³/mol. The van der Waals surface area contributed by atoms with Crippen LogP contribution in [0.5, 0.6) is 0 Å². The van der Waals surface area contributed by atoms with Crippen LogP contribution >= 0.6 is 0 Å². The molecule has 0 radical (unpaired) electrons. The summed E-state index contributed by atoms with van der Waals surface area (Å²) in [5.41, 5.74) is 8.29. The second-order valence-corrected chi connectivity index (χ2v) is 5.95. The van der Waals surface area contributed by atoms with Gasteiger partial charge in [0.15, 0.2) is 0 Å². The molecule has 1 fully saturated rings. The van der Waals surface area contributed by atoms with Crippen LogP contribution in [0.15, 0.2) is 24.3 Å². The average Bonchev–Trinajstić information content (AvgIpc) is 2.37. The van der Waals surface area contributed by atoms with Crippen molar-refractivity contribution in [3.63, 3.8) is 0 Å². The summed E-state index contributed by atoms with van der Waals surface area (Å²) in [6.07, 6.45) is 4.09. The van der Waals surface area contributed by atoms with Crippen LogP contribution in [0.3, 0.4) is 0 Å². The zero-order valence-electron chi connectivity index (χ0n) is 11.9. The van der Waals surface area contributed by atoms with E-state index in [-0.39, 0.29) is 17.4 Å². The maximum atomic E-state index is 12.3. The minimum atomic E-state index is -0.353. The molecule has 19 heavy (non-hydrogen) atoms. The van der Waals surface area contributed by atoms with Gasteiger partial charge in [0, 0.05) is 12.1 Å². The molecule has 0 spiro atoms. The Morgan fingerprint density at radius 1 is 1.42 bits per heavy atom. The van der Waals surface area contributed by atoms with Gasteiger partial charge in [-0.05, 0) is 37.8 Å². The zero-order valence-corrected chi connectivity index (χ0v) is 11.9. The third-order valence-corrected chi connectivity index (χ3v) is 4.29. The van der Waals surface area contributed by atoms with Gasteiger partial charge in [-0.15, -0.1) is 0 Å². The highest BCUT2D eigenvalue weighted by Crippen LogP contribution is 2.31. The zero-order chi connectivity index (χ0) is 13.9. The fourth-order valence-electron chi connectivity index (χ4n) is 2.90. The molecule has 104 valence electrons. The van der Waals surface area contributed by atoms with Gasteiger partial charge in [-0.3, -0.25) is 4.79 Å². The van der Waals surface area contributed by atoms with Crippen molar-refractivity contribution < 1.29 is 4.79 Å². The SMILES string of the molecule is Cc1ccccc1CNC(=O)C1CCCCC1(C)N. The van der Waals surface area contributed by atoms with E-state index in [4.69, 9.17) is 5.73 Å². The van der Waals surface area contributed by atoms with Crippen molar-refractivity contribution in [2.24, 2.45) is 11.7 Å². The van der Waals surface area contributed by atoms with Gasteiger partial charge in [-0.1, -0.05) is 37.1 Å². The Morgan fingerprint density at radius 3 is 2.84 bits per heavy atom. The Labute approximate surface area is 115 Å². The molecule has 1 aromatic rings. The monoisotopic (exact) mass is 260 g/mol. The van der Waals surface area contributed by atoms with Crippen molar-refractivity contribution in [3.8, 4) is 0 Å². The number of hydrogen-bond acceptors (Lipinski definition) is 2. The number of carbonyl (C=O) groups excluding carboxylic acids is 1. The highest BCUT2D eigenvalue weighted by Gasteiger charge is 2.37. The first-order chi connectivity index (χ1) is 9.00. The summed E-state index contributed by atoms with van der Waals surface area (Å²) in [5.74, 6) is 0.0539. The van der Waals surface area contributed by atoms with Crippen LogP contribution in [0.2, 0.25) is 0 Å². The van der Waals surface area contributed by atoms with E-state index in [1.54, 1.807) is 0 Å². The Morgan fingerprint density at radius 2 is 2.16 bits per heavy atom. The number of nitrogens with one attached hydrogen (secondary N) is 1. The molecule has 3 N–H and O–H groups in total. The first-order valence-electron chi connectivity index (χ1n) is 7.12. The average molecular weight is 260 g/mol. The molecule has 3 heteroatoms. The molecule has 0 aromatic heterocycles. The summed E-state index contributed by atoms with van der Waals surface area (Å²) in [6, 6.07) is 8.13. The van der Waals surface area contributed by atoms with Crippen LogP contribution in [0.4, 0.5) is 0 Å². The molecule has 1 aromatic carbocycles. The van der Waals surface area contributed by atoms with E-state index in [1.165, 1.54) is 11.1 Å². The van der Waals surface area contributed by atoms with Crippen LogP contribution < -0.4 is 11.1 Å². The lowest BCUT2D eigenvalue weighted by Crippen LogP contribution is -2.52. The molecule has 2 atom stereocenters. The fraction of sp³-hybridized carbons (Fsp3) is 0.562. The number of rotatable bonds is 3. The summed E-state index contributed by atoms with van der Waals surface area (Å²) in [5, 5.41) is 3.05. The number of carbonyl (C=O) groups is 1. The standard InChI is InChI=1S/C16H24N2O/c1-12-7-3-4-8-13(12)11-18-15(19)14-9-5-6-10-16(14,2)17/h3-4,7-8,14H,5-6,9-11,17H2,1-2H3,(H,18,19). The highest BCUT2D eigenvalue weighted by atomic mass is 16.1. The minimum absolute atomic E-state index is 0.0507. The van der Waals surface area contributed by atoms with Gasteiger partial charge in [0.2, 0.25) is 5.91 Å². The van der Waals surface area contributed by atoms with E-state index in [0.717, 1.165) is 25.7 Å². The molecule has 2 rings (SSSR count). The van der Waals surface area contributed by atoms with Crippen molar-refractivity contribution in [2.45, 2.75) is 51.6 Å². The number of amides is 1. The third-order valence-electron chi connectivity index (χ3n) is 4.29. The van der Waals surface area contributed by atoms with Crippen LogP contribution in [-0.4, -0.2) is 11.4 Å². The molecule has 0 saturated heterocycles. The number of aryl methyl sites for hydroxylation is 1. The maximum Gasteiger partial charge on any atom is 0.225 e. The normalized spacial score (nSPS) is 27.0.